The summed E-state index contributed by atoms with van der Waals surface area (Å²) in [5.74, 6) is -0.0886. The molecule has 5 nitrogen and oxygen atoms in total. The van der Waals surface area contributed by atoms with Crippen molar-refractivity contribution in [3.8, 4) is 5.69 Å². The smallest absolute Gasteiger partial charge is 0.235 e. The second kappa shape index (κ2) is 4.90. The summed E-state index contributed by atoms with van der Waals surface area (Å²) in [6, 6.07) is 11.1. The predicted molar refractivity (Wildman–Crippen MR) is 75.6 cm³/mol. The summed E-state index contributed by atoms with van der Waals surface area (Å²) >= 11 is 5.39. The van der Waals surface area contributed by atoms with Crippen molar-refractivity contribution < 1.29 is 9.32 Å². The van der Waals surface area contributed by atoms with Gasteiger partial charge in [-0.2, -0.15) is 0 Å². The molecule has 0 fully saturated rings. The van der Waals surface area contributed by atoms with Gasteiger partial charge in [0.05, 0.1) is 17.4 Å². The molecule has 6 heteroatoms. The number of aryl methyl sites for hydroxylation is 1. The van der Waals surface area contributed by atoms with E-state index >= 15 is 0 Å². The Labute approximate surface area is 119 Å². The second-order valence-electron chi connectivity index (χ2n) is 4.29. The van der Waals surface area contributed by atoms with E-state index in [4.69, 9.17) is 16.7 Å². The van der Waals surface area contributed by atoms with E-state index in [2.05, 4.69) is 10.3 Å². The van der Waals surface area contributed by atoms with Crippen LogP contribution in [0.4, 0.5) is 0 Å². The van der Waals surface area contributed by atoms with Crippen molar-refractivity contribution in [2.75, 3.05) is 0 Å². The van der Waals surface area contributed by atoms with Crippen molar-refractivity contribution in [3.05, 3.63) is 64.3 Å². The summed E-state index contributed by atoms with van der Waals surface area (Å²) in [5.41, 5.74) is 2.00. The highest BCUT2D eigenvalue weighted by molar-refractivity contribution is 7.71. The molecule has 2 aromatic heterocycles. The maximum absolute atomic E-state index is 12.4. The molecule has 100 valence electrons. The Morgan fingerprint density at radius 3 is 2.70 bits per heavy atom. The number of H-pyrrole nitrogens is 1. The van der Waals surface area contributed by atoms with Gasteiger partial charge in [0.15, 0.2) is 0 Å². The lowest BCUT2D eigenvalue weighted by Crippen LogP contribution is -2.01. The molecule has 0 atom stereocenters. The minimum Gasteiger partial charge on any atom is -0.353 e. The minimum absolute atomic E-state index is 0.179. The van der Waals surface area contributed by atoms with Crippen LogP contribution in [0, 0.1) is 11.6 Å². The molecular formula is C14H11N3O2S. The SMILES string of the molecule is Cc1[nH]n(-c2ccccc2)c(=S)c1C(=O)c1ccno1. The maximum Gasteiger partial charge on any atom is 0.235 e. The molecule has 0 aliphatic carbocycles. The number of rotatable bonds is 3. The zero-order valence-corrected chi connectivity index (χ0v) is 11.5. The average molecular weight is 285 g/mol. The predicted octanol–water partition coefficient (Wildman–Crippen LogP) is 3.06. The second-order valence-corrected chi connectivity index (χ2v) is 4.68. The lowest BCUT2D eigenvalue weighted by Gasteiger charge is -2.01. The van der Waals surface area contributed by atoms with Crippen LogP contribution in [0.2, 0.25) is 0 Å². The normalized spacial score (nSPS) is 10.7. The van der Waals surface area contributed by atoms with E-state index in [0.29, 0.717) is 15.9 Å². The number of aromatic nitrogens is 3. The number of carbonyl (C=O) groups excluding carboxylic acids is 1. The van der Waals surface area contributed by atoms with Crippen molar-refractivity contribution in [3.63, 3.8) is 0 Å². The highest BCUT2D eigenvalue weighted by atomic mass is 32.1. The molecule has 0 radical (unpaired) electrons. The van der Waals surface area contributed by atoms with Crippen LogP contribution >= 0.6 is 12.2 Å². The molecule has 2 heterocycles. The molecule has 0 aliphatic rings. The van der Waals surface area contributed by atoms with Gasteiger partial charge in [-0.3, -0.25) is 9.89 Å². The van der Waals surface area contributed by atoms with Crippen molar-refractivity contribution in [2.45, 2.75) is 6.92 Å². The number of hydrogen-bond acceptors (Lipinski definition) is 4. The van der Waals surface area contributed by atoms with Gasteiger partial charge in [0, 0.05) is 11.8 Å². The number of nitrogens with zero attached hydrogens (tertiary/aromatic N) is 2. The fourth-order valence-electron chi connectivity index (χ4n) is 2.03. The fraction of sp³-hybridized carbons (Fsp3) is 0.0714. The van der Waals surface area contributed by atoms with Gasteiger partial charge in [0.25, 0.3) is 0 Å². The molecular weight excluding hydrogens is 274 g/mol. The van der Waals surface area contributed by atoms with Gasteiger partial charge < -0.3 is 4.52 Å². The zero-order chi connectivity index (χ0) is 14.1. The Morgan fingerprint density at radius 1 is 1.30 bits per heavy atom. The number of aromatic amines is 1. The van der Waals surface area contributed by atoms with Gasteiger partial charge in [-0.05, 0) is 19.1 Å². The maximum atomic E-state index is 12.4. The van der Waals surface area contributed by atoms with E-state index < -0.39 is 0 Å². The first-order valence-corrected chi connectivity index (χ1v) is 6.41. The standard InChI is InChI=1S/C14H11N3O2S/c1-9-12(13(18)11-7-8-15-19-11)14(20)17(16-9)10-5-3-2-4-6-10/h2-8,16H,1H3. The summed E-state index contributed by atoms with van der Waals surface area (Å²) < 4.78 is 7.03. The molecule has 0 aliphatic heterocycles. The first kappa shape index (κ1) is 12.6. The topological polar surface area (TPSA) is 63.8 Å². The number of hydrogen-bond donors (Lipinski definition) is 1. The Bertz CT molecular complexity index is 801. The Morgan fingerprint density at radius 2 is 2.05 bits per heavy atom. The largest absolute Gasteiger partial charge is 0.353 e. The summed E-state index contributed by atoms with van der Waals surface area (Å²) in [6.07, 6.45) is 1.43. The first-order valence-electron chi connectivity index (χ1n) is 6.01. The molecule has 1 N–H and O–H groups in total. The quantitative estimate of drug-likeness (QED) is 0.593. The number of ketones is 1. The van der Waals surface area contributed by atoms with E-state index in [1.807, 2.05) is 30.3 Å². The van der Waals surface area contributed by atoms with Crippen molar-refractivity contribution in [1.82, 2.24) is 14.9 Å². The molecule has 0 unspecified atom stereocenters. The van der Waals surface area contributed by atoms with Gasteiger partial charge in [0.1, 0.15) is 4.64 Å². The highest BCUT2D eigenvalue weighted by Gasteiger charge is 2.20. The summed E-state index contributed by atoms with van der Waals surface area (Å²) in [4.78, 5) is 12.4. The number of nitrogens with one attached hydrogen (secondary N) is 1. The van der Waals surface area contributed by atoms with Crippen LogP contribution < -0.4 is 0 Å². The first-order chi connectivity index (χ1) is 9.68. The third-order valence-corrected chi connectivity index (χ3v) is 3.36. The fourth-order valence-corrected chi connectivity index (χ4v) is 2.43. The highest BCUT2D eigenvalue weighted by Crippen LogP contribution is 2.18. The molecule has 3 aromatic rings. The van der Waals surface area contributed by atoms with E-state index in [-0.39, 0.29) is 11.5 Å². The average Bonchev–Trinajstić information content (AvgIpc) is 3.08. The van der Waals surface area contributed by atoms with Crippen molar-refractivity contribution in [1.29, 1.82) is 0 Å². The lowest BCUT2D eigenvalue weighted by molar-refractivity contribution is 0.0999. The molecule has 0 amide bonds. The van der Waals surface area contributed by atoms with Gasteiger partial charge in [-0.1, -0.05) is 35.6 Å². The molecule has 0 bridgehead atoms. The van der Waals surface area contributed by atoms with Crippen LogP contribution in [0.15, 0.2) is 47.1 Å². The molecule has 0 saturated carbocycles. The van der Waals surface area contributed by atoms with Gasteiger partial charge >= 0.3 is 0 Å². The molecule has 0 spiro atoms. The Kier molecular flexibility index (Phi) is 3.08. The van der Waals surface area contributed by atoms with Crippen LogP contribution in [0.1, 0.15) is 21.8 Å². The van der Waals surface area contributed by atoms with Gasteiger partial charge in [0.2, 0.25) is 11.5 Å². The lowest BCUT2D eigenvalue weighted by atomic mass is 10.1. The van der Waals surface area contributed by atoms with E-state index in [9.17, 15) is 4.79 Å². The van der Waals surface area contributed by atoms with E-state index in [0.717, 1.165) is 5.69 Å². The Hall–Kier alpha value is -2.47. The molecule has 3 rings (SSSR count). The number of para-hydroxylation sites is 1. The summed E-state index contributed by atoms with van der Waals surface area (Å²) in [6.45, 7) is 1.80. The molecule has 20 heavy (non-hydrogen) atoms. The summed E-state index contributed by atoms with van der Waals surface area (Å²) in [5, 5.41) is 6.65. The molecule has 1 aromatic carbocycles. The number of benzene rings is 1. The monoisotopic (exact) mass is 285 g/mol. The zero-order valence-electron chi connectivity index (χ0n) is 10.7. The van der Waals surface area contributed by atoms with Crippen LogP contribution in [-0.4, -0.2) is 20.7 Å². The third-order valence-electron chi connectivity index (χ3n) is 2.97. The van der Waals surface area contributed by atoms with Gasteiger partial charge in [-0.25, -0.2) is 4.68 Å². The van der Waals surface area contributed by atoms with Crippen molar-refractivity contribution in [2.24, 2.45) is 0 Å². The van der Waals surface area contributed by atoms with Crippen LogP contribution in [0.5, 0.6) is 0 Å². The number of carbonyl (C=O) groups is 1. The molecule has 0 saturated heterocycles. The van der Waals surface area contributed by atoms with Crippen LogP contribution in [-0.2, 0) is 0 Å². The van der Waals surface area contributed by atoms with Gasteiger partial charge in [-0.15, -0.1) is 0 Å². The third kappa shape index (κ3) is 2.00. The summed E-state index contributed by atoms with van der Waals surface area (Å²) in [7, 11) is 0. The van der Waals surface area contributed by atoms with E-state index in [1.165, 1.54) is 12.3 Å². The van der Waals surface area contributed by atoms with Crippen LogP contribution in [0.3, 0.4) is 0 Å². The van der Waals surface area contributed by atoms with E-state index in [1.54, 1.807) is 11.6 Å². The minimum atomic E-state index is -0.268. The van der Waals surface area contributed by atoms with Crippen molar-refractivity contribution >= 4 is 18.0 Å². The van der Waals surface area contributed by atoms with Crippen LogP contribution in [0.25, 0.3) is 5.69 Å². The Balaban J connectivity index is 2.13.